The van der Waals surface area contributed by atoms with E-state index in [1.807, 2.05) is 0 Å². The van der Waals surface area contributed by atoms with Crippen LogP contribution in [0.3, 0.4) is 0 Å². The average molecular weight is 370 g/mol. The zero-order valence-electron chi connectivity index (χ0n) is 12.1. The van der Waals surface area contributed by atoms with Crippen LogP contribution < -0.4 is 5.32 Å². The molecule has 0 aliphatic carbocycles. The second kappa shape index (κ2) is 7.10. The summed E-state index contributed by atoms with van der Waals surface area (Å²) in [6.07, 6.45) is 0. The summed E-state index contributed by atoms with van der Waals surface area (Å²) in [6.45, 7) is 4.69. The molecule has 1 saturated heterocycles. The van der Waals surface area contributed by atoms with Crippen LogP contribution in [0.25, 0.3) is 0 Å². The third-order valence-corrected chi connectivity index (χ3v) is 5.92. The maximum absolute atomic E-state index is 12.7. The summed E-state index contributed by atoms with van der Waals surface area (Å²) in [6, 6.07) is 2.13. The number of piperazine rings is 1. The van der Waals surface area contributed by atoms with E-state index in [0.29, 0.717) is 19.6 Å². The molecule has 1 heterocycles. The second-order valence-corrected chi connectivity index (χ2v) is 7.27. The van der Waals surface area contributed by atoms with Gasteiger partial charge in [-0.15, -0.1) is 12.4 Å². The lowest BCUT2D eigenvalue weighted by molar-refractivity contribution is -0.385. The molecule has 0 radical (unpaired) electrons. The number of halogens is 2. The van der Waals surface area contributed by atoms with Gasteiger partial charge >= 0.3 is 0 Å². The van der Waals surface area contributed by atoms with Crippen molar-refractivity contribution in [2.45, 2.75) is 24.8 Å². The summed E-state index contributed by atoms with van der Waals surface area (Å²) < 4.78 is 26.6. The summed E-state index contributed by atoms with van der Waals surface area (Å²) in [5.41, 5.74) is -0.0298. The zero-order chi connectivity index (χ0) is 15.8. The van der Waals surface area contributed by atoms with Crippen LogP contribution in [-0.2, 0) is 10.0 Å². The van der Waals surface area contributed by atoms with E-state index in [9.17, 15) is 18.5 Å². The van der Waals surface area contributed by atoms with Crippen LogP contribution in [0.15, 0.2) is 17.0 Å². The third kappa shape index (κ3) is 3.52. The zero-order valence-corrected chi connectivity index (χ0v) is 14.5. The average Bonchev–Trinajstić information content (AvgIpc) is 2.41. The van der Waals surface area contributed by atoms with Gasteiger partial charge in [0.25, 0.3) is 5.69 Å². The molecule has 1 aliphatic rings. The van der Waals surface area contributed by atoms with Gasteiger partial charge in [-0.25, -0.2) is 8.42 Å². The molecule has 1 aliphatic heterocycles. The lowest BCUT2D eigenvalue weighted by atomic mass is 10.2. The molecule has 0 amide bonds. The van der Waals surface area contributed by atoms with Crippen LogP contribution in [-0.4, -0.2) is 43.3 Å². The van der Waals surface area contributed by atoms with Crippen LogP contribution in [0.2, 0.25) is 5.02 Å². The molecule has 1 N–H and O–H groups in total. The van der Waals surface area contributed by atoms with Gasteiger partial charge in [-0.3, -0.25) is 10.1 Å². The molecule has 124 valence electrons. The van der Waals surface area contributed by atoms with Crippen molar-refractivity contribution in [2.75, 3.05) is 19.6 Å². The topological polar surface area (TPSA) is 92.6 Å². The van der Waals surface area contributed by atoms with E-state index in [1.54, 1.807) is 6.92 Å². The van der Waals surface area contributed by atoms with Crippen LogP contribution in [0.4, 0.5) is 5.69 Å². The van der Waals surface area contributed by atoms with Crippen LogP contribution in [0, 0.1) is 17.0 Å². The Morgan fingerprint density at radius 1 is 1.45 bits per heavy atom. The van der Waals surface area contributed by atoms with Crippen molar-refractivity contribution in [3.05, 3.63) is 32.8 Å². The molecule has 0 bridgehead atoms. The molecule has 1 aromatic carbocycles. The number of benzene rings is 1. The summed E-state index contributed by atoms with van der Waals surface area (Å²) in [7, 11) is -3.80. The second-order valence-electron chi connectivity index (χ2n) is 4.98. The lowest BCUT2D eigenvalue weighted by Crippen LogP contribution is -2.52. The van der Waals surface area contributed by atoms with Crippen molar-refractivity contribution >= 4 is 39.7 Å². The Kier molecular flexibility index (Phi) is 6.17. The lowest BCUT2D eigenvalue weighted by Gasteiger charge is -2.32. The van der Waals surface area contributed by atoms with Crippen molar-refractivity contribution < 1.29 is 13.3 Å². The minimum Gasteiger partial charge on any atom is -0.314 e. The van der Waals surface area contributed by atoms with Gasteiger partial charge in [0.2, 0.25) is 10.0 Å². The molecule has 22 heavy (non-hydrogen) atoms. The highest BCUT2D eigenvalue weighted by molar-refractivity contribution is 7.89. The van der Waals surface area contributed by atoms with Crippen molar-refractivity contribution in [2.24, 2.45) is 0 Å². The smallest absolute Gasteiger partial charge is 0.275 e. The van der Waals surface area contributed by atoms with Gasteiger partial charge in [0.15, 0.2) is 0 Å². The first-order valence-corrected chi connectivity index (χ1v) is 8.24. The monoisotopic (exact) mass is 369 g/mol. The highest BCUT2D eigenvalue weighted by atomic mass is 35.5. The fraction of sp³-hybridized carbons (Fsp3) is 0.500. The molecule has 1 atom stereocenters. The molecule has 1 fully saturated rings. The highest BCUT2D eigenvalue weighted by Gasteiger charge is 2.32. The standard InChI is InChI=1S/C12H16ClN3O4S.ClH/c1-8-7-14-3-4-15(8)21(19,20)10-5-11(13)9(2)12(6-10)16(17)18;/h5-6,8,14H,3-4,7H2,1-2H3;1H. The Morgan fingerprint density at radius 2 is 2.09 bits per heavy atom. The Balaban J connectivity index is 0.00000242. The maximum atomic E-state index is 12.7. The summed E-state index contributed by atoms with van der Waals surface area (Å²) in [4.78, 5) is 10.3. The minimum absolute atomic E-state index is 0. The molecule has 1 unspecified atom stereocenters. The number of nitrogens with zero attached hydrogens (tertiary/aromatic N) is 2. The summed E-state index contributed by atoms with van der Waals surface area (Å²) in [5, 5.41) is 14.2. The highest BCUT2D eigenvalue weighted by Crippen LogP contribution is 2.31. The van der Waals surface area contributed by atoms with Gasteiger partial charge in [-0.1, -0.05) is 11.6 Å². The number of nitrogens with one attached hydrogen (secondary N) is 1. The number of nitro benzene ring substituents is 1. The van der Waals surface area contributed by atoms with Crippen molar-refractivity contribution in [3.63, 3.8) is 0 Å². The van der Waals surface area contributed by atoms with E-state index in [0.717, 1.165) is 6.07 Å². The Bertz CT molecular complexity index is 681. The van der Waals surface area contributed by atoms with Gasteiger partial charge in [-0.05, 0) is 19.9 Å². The van der Waals surface area contributed by atoms with Gasteiger partial charge in [0, 0.05) is 37.3 Å². The van der Waals surface area contributed by atoms with Crippen molar-refractivity contribution in [1.29, 1.82) is 0 Å². The van der Waals surface area contributed by atoms with Gasteiger partial charge in [0.1, 0.15) is 0 Å². The Hall–Kier alpha value is -0.930. The minimum atomic E-state index is -3.80. The molecule has 0 spiro atoms. The number of hydrogen-bond donors (Lipinski definition) is 1. The first-order valence-electron chi connectivity index (χ1n) is 6.42. The largest absolute Gasteiger partial charge is 0.314 e. The quantitative estimate of drug-likeness (QED) is 0.649. The molecule has 1 aromatic rings. The Labute approximate surface area is 140 Å². The number of nitro groups is 1. The number of sulfonamides is 1. The van der Waals surface area contributed by atoms with Crippen LogP contribution >= 0.6 is 24.0 Å². The van der Waals surface area contributed by atoms with E-state index in [-0.39, 0.29) is 39.6 Å². The number of hydrogen-bond acceptors (Lipinski definition) is 5. The van der Waals surface area contributed by atoms with E-state index >= 15 is 0 Å². The molecular weight excluding hydrogens is 353 g/mol. The SMILES string of the molecule is Cc1c(Cl)cc(S(=O)(=O)N2CCNCC2C)cc1[N+](=O)[O-].Cl. The molecule has 2 rings (SSSR count). The normalized spacial score (nSPS) is 19.5. The van der Waals surface area contributed by atoms with Crippen molar-refractivity contribution in [1.82, 2.24) is 9.62 Å². The molecule has 0 aromatic heterocycles. The fourth-order valence-electron chi connectivity index (χ4n) is 2.29. The Morgan fingerprint density at radius 3 is 2.64 bits per heavy atom. The molecule has 7 nitrogen and oxygen atoms in total. The first-order chi connectivity index (χ1) is 9.75. The van der Waals surface area contributed by atoms with Crippen LogP contribution in [0.1, 0.15) is 12.5 Å². The van der Waals surface area contributed by atoms with Crippen LogP contribution in [0.5, 0.6) is 0 Å². The predicted octanol–water partition coefficient (Wildman–Crippen LogP) is 1.96. The molecule has 0 saturated carbocycles. The van der Waals surface area contributed by atoms with E-state index in [4.69, 9.17) is 11.6 Å². The van der Waals surface area contributed by atoms with Gasteiger partial charge in [-0.2, -0.15) is 4.31 Å². The first kappa shape index (κ1) is 19.1. The predicted molar refractivity (Wildman–Crippen MR) is 86.3 cm³/mol. The number of rotatable bonds is 3. The van der Waals surface area contributed by atoms with Gasteiger partial charge in [0.05, 0.1) is 14.8 Å². The van der Waals surface area contributed by atoms with Crippen molar-refractivity contribution in [3.8, 4) is 0 Å². The molecule has 10 heteroatoms. The molecular formula is C12H17Cl2N3O4S. The van der Waals surface area contributed by atoms with E-state index in [1.165, 1.54) is 17.3 Å². The van der Waals surface area contributed by atoms with E-state index in [2.05, 4.69) is 5.32 Å². The van der Waals surface area contributed by atoms with Gasteiger partial charge < -0.3 is 5.32 Å². The summed E-state index contributed by atoms with van der Waals surface area (Å²) >= 11 is 5.94. The fourth-order valence-corrected chi connectivity index (χ4v) is 4.25. The third-order valence-electron chi connectivity index (χ3n) is 3.53. The van der Waals surface area contributed by atoms with E-state index < -0.39 is 14.9 Å². The summed E-state index contributed by atoms with van der Waals surface area (Å²) in [5.74, 6) is 0. The maximum Gasteiger partial charge on any atom is 0.275 e.